The molecule has 3 heterocycles. The van der Waals surface area contributed by atoms with Crippen LogP contribution in [-0.2, 0) is 11.0 Å². The van der Waals surface area contributed by atoms with Crippen LogP contribution in [0.4, 0.5) is 17.1 Å². The molecule has 0 radical (unpaired) electrons. The van der Waals surface area contributed by atoms with E-state index in [4.69, 9.17) is 9.15 Å². The minimum absolute atomic E-state index is 0.0443. The van der Waals surface area contributed by atoms with E-state index >= 15 is 0 Å². The predicted molar refractivity (Wildman–Crippen MR) is 156 cm³/mol. The molecule has 11 heteroatoms. The second-order valence-electron chi connectivity index (χ2n) is 9.82. The van der Waals surface area contributed by atoms with Gasteiger partial charge in [0.2, 0.25) is 0 Å². The molecule has 39 heavy (non-hydrogen) atoms. The zero-order valence-corrected chi connectivity index (χ0v) is 23.5. The van der Waals surface area contributed by atoms with Crippen LogP contribution in [0.25, 0.3) is 11.0 Å². The third-order valence-corrected chi connectivity index (χ3v) is 8.78. The molecule has 3 aromatic rings. The molecule has 2 aliphatic heterocycles. The number of likely N-dealkylation sites (N-methyl/N-ethyl adjacent to an activating group) is 1. The number of carbonyl (C=O) groups excluding carboxylic acids is 1. The summed E-state index contributed by atoms with van der Waals surface area (Å²) in [5, 5.41) is 3.24. The standard InChI is InChI=1S/C28H35N5O5S/c1-4-39(36)33-15-13-31(14-16-33)21-7-5-20(6-8-21)29-28(35)26-19-25(34)23-17-22(37-3)18-24(27(23)38-26)32-11-9-30(2)10-12-32/h5-8,17-19H,4,9-16H2,1-3H3,(H,29,35). The van der Waals surface area contributed by atoms with Gasteiger partial charge in [-0.05, 0) is 37.4 Å². The van der Waals surface area contributed by atoms with Crippen LogP contribution in [0.2, 0.25) is 0 Å². The van der Waals surface area contributed by atoms with Gasteiger partial charge in [-0.1, -0.05) is 6.92 Å². The largest absolute Gasteiger partial charge is 0.497 e. The average molecular weight is 554 g/mol. The van der Waals surface area contributed by atoms with Gasteiger partial charge in [-0.3, -0.25) is 9.59 Å². The summed E-state index contributed by atoms with van der Waals surface area (Å²) in [5.74, 6) is 0.674. The third kappa shape index (κ3) is 5.95. The number of amides is 1. The van der Waals surface area contributed by atoms with Crippen LogP contribution in [0.15, 0.2) is 51.7 Å². The van der Waals surface area contributed by atoms with Crippen molar-refractivity contribution >= 4 is 44.9 Å². The summed E-state index contributed by atoms with van der Waals surface area (Å²) in [6.45, 7) is 8.33. The molecular formula is C28H35N5O5S. The van der Waals surface area contributed by atoms with Crippen LogP contribution < -0.4 is 25.3 Å². The fraction of sp³-hybridized carbons (Fsp3) is 0.429. The molecule has 2 aromatic carbocycles. The first-order valence-electron chi connectivity index (χ1n) is 13.3. The molecule has 10 nitrogen and oxygen atoms in total. The van der Waals surface area contributed by atoms with Gasteiger partial charge in [-0.15, -0.1) is 0 Å². The number of anilines is 3. The second-order valence-corrected chi connectivity index (χ2v) is 11.6. The topological polar surface area (TPSA) is 98.6 Å². The summed E-state index contributed by atoms with van der Waals surface area (Å²) >= 11 is 0. The zero-order chi connectivity index (χ0) is 27.5. The van der Waals surface area contributed by atoms with Gasteiger partial charge in [0.25, 0.3) is 5.91 Å². The lowest BCUT2D eigenvalue weighted by molar-refractivity contribution is 0.0997. The molecule has 0 aliphatic carbocycles. The van der Waals surface area contributed by atoms with E-state index in [9.17, 15) is 13.8 Å². The Labute approximate surface area is 230 Å². The highest BCUT2D eigenvalue weighted by Crippen LogP contribution is 2.32. The van der Waals surface area contributed by atoms with Crippen molar-refractivity contribution in [3.8, 4) is 5.75 Å². The summed E-state index contributed by atoms with van der Waals surface area (Å²) in [6, 6.07) is 12.3. The Morgan fingerprint density at radius 3 is 2.28 bits per heavy atom. The van der Waals surface area contributed by atoms with Crippen molar-refractivity contribution < 1.29 is 18.2 Å². The van der Waals surface area contributed by atoms with Gasteiger partial charge in [0, 0.05) is 81.6 Å². The van der Waals surface area contributed by atoms with E-state index in [-0.39, 0.29) is 11.2 Å². The van der Waals surface area contributed by atoms with Crippen molar-refractivity contribution in [3.05, 3.63) is 58.4 Å². The van der Waals surface area contributed by atoms with Gasteiger partial charge in [0.15, 0.2) is 16.8 Å². The molecule has 2 fully saturated rings. The maximum Gasteiger partial charge on any atom is 0.291 e. The number of carbonyl (C=O) groups is 1. The lowest BCUT2D eigenvalue weighted by atomic mass is 10.1. The molecule has 2 aliphatic rings. The SMILES string of the molecule is CCS(=O)N1CCN(c2ccc(NC(=O)c3cc(=O)c4cc(OC)cc(N5CCN(C)CC5)c4o3)cc2)CC1. The number of fused-ring (bicyclic) bond motifs is 1. The van der Waals surface area contributed by atoms with Crippen LogP contribution in [-0.4, -0.2) is 91.6 Å². The van der Waals surface area contributed by atoms with Crippen molar-refractivity contribution in [2.24, 2.45) is 0 Å². The lowest BCUT2D eigenvalue weighted by Gasteiger charge is -2.35. The van der Waals surface area contributed by atoms with E-state index in [0.717, 1.165) is 63.7 Å². The molecule has 5 rings (SSSR count). The molecule has 208 valence electrons. The fourth-order valence-electron chi connectivity index (χ4n) is 5.01. The van der Waals surface area contributed by atoms with Gasteiger partial charge < -0.3 is 29.2 Å². The normalized spacial score (nSPS) is 17.8. The number of nitrogens with one attached hydrogen (secondary N) is 1. The summed E-state index contributed by atoms with van der Waals surface area (Å²) in [7, 11) is 2.73. The highest BCUT2D eigenvalue weighted by Gasteiger charge is 2.23. The highest BCUT2D eigenvalue weighted by molar-refractivity contribution is 7.82. The van der Waals surface area contributed by atoms with E-state index in [1.165, 1.54) is 6.07 Å². The Bertz CT molecular complexity index is 1410. The molecule has 2 saturated heterocycles. The summed E-state index contributed by atoms with van der Waals surface area (Å²) < 4.78 is 25.6. The zero-order valence-electron chi connectivity index (χ0n) is 22.6. The minimum atomic E-state index is -0.913. The summed E-state index contributed by atoms with van der Waals surface area (Å²) in [4.78, 5) is 32.9. The van der Waals surface area contributed by atoms with Gasteiger partial charge in [0.05, 0.1) is 29.2 Å². The van der Waals surface area contributed by atoms with Crippen molar-refractivity contribution in [1.82, 2.24) is 9.21 Å². The quantitative estimate of drug-likeness (QED) is 0.477. The number of rotatable bonds is 7. The monoisotopic (exact) mass is 553 g/mol. The van der Waals surface area contributed by atoms with Crippen molar-refractivity contribution in [3.63, 3.8) is 0 Å². The van der Waals surface area contributed by atoms with E-state index in [1.807, 2.05) is 41.6 Å². The Kier molecular flexibility index (Phi) is 8.20. The number of benzene rings is 2. The summed E-state index contributed by atoms with van der Waals surface area (Å²) in [6.07, 6.45) is 0. The van der Waals surface area contributed by atoms with Gasteiger partial charge >= 0.3 is 0 Å². The Morgan fingerprint density at radius 2 is 1.64 bits per heavy atom. The average Bonchev–Trinajstić information content (AvgIpc) is 2.97. The number of hydrogen-bond acceptors (Lipinski definition) is 8. The number of piperazine rings is 2. The molecule has 0 bridgehead atoms. The van der Waals surface area contributed by atoms with Crippen molar-refractivity contribution in [2.45, 2.75) is 6.92 Å². The van der Waals surface area contributed by atoms with E-state index in [2.05, 4.69) is 27.1 Å². The molecule has 1 aromatic heterocycles. The van der Waals surface area contributed by atoms with Gasteiger partial charge in [-0.25, -0.2) is 8.51 Å². The summed E-state index contributed by atoms with van der Waals surface area (Å²) in [5.41, 5.74) is 2.48. The second kappa shape index (κ2) is 11.8. The molecule has 0 saturated carbocycles. The van der Waals surface area contributed by atoms with E-state index < -0.39 is 16.9 Å². The predicted octanol–water partition coefficient (Wildman–Crippen LogP) is 2.61. The Morgan fingerprint density at radius 1 is 0.974 bits per heavy atom. The van der Waals surface area contributed by atoms with E-state index in [0.29, 0.717) is 28.2 Å². The van der Waals surface area contributed by atoms with Gasteiger partial charge in [0.1, 0.15) is 5.75 Å². The van der Waals surface area contributed by atoms with Crippen LogP contribution in [0.1, 0.15) is 17.5 Å². The third-order valence-electron chi connectivity index (χ3n) is 7.35. The number of hydrogen-bond donors (Lipinski definition) is 1. The number of nitrogens with zero attached hydrogens (tertiary/aromatic N) is 4. The molecule has 1 atom stereocenters. The first-order chi connectivity index (χ1) is 18.9. The van der Waals surface area contributed by atoms with E-state index in [1.54, 1.807) is 13.2 Å². The van der Waals surface area contributed by atoms with Crippen LogP contribution in [0.3, 0.4) is 0 Å². The molecule has 1 amide bonds. The maximum atomic E-state index is 13.1. The smallest absolute Gasteiger partial charge is 0.291 e. The van der Waals surface area contributed by atoms with Crippen molar-refractivity contribution in [2.75, 3.05) is 87.4 Å². The molecule has 1 unspecified atom stereocenters. The molecular weight excluding hydrogens is 518 g/mol. The Hall–Kier alpha value is -3.41. The first-order valence-corrected chi connectivity index (χ1v) is 14.5. The molecule has 0 spiro atoms. The Balaban J connectivity index is 1.34. The number of methoxy groups -OCH3 is 1. The number of ether oxygens (including phenoxy) is 1. The van der Waals surface area contributed by atoms with Crippen LogP contribution >= 0.6 is 0 Å². The maximum absolute atomic E-state index is 13.1. The fourth-order valence-corrected chi connectivity index (χ4v) is 5.94. The first kappa shape index (κ1) is 27.2. The minimum Gasteiger partial charge on any atom is -0.497 e. The van der Waals surface area contributed by atoms with Crippen molar-refractivity contribution in [1.29, 1.82) is 0 Å². The lowest BCUT2D eigenvalue weighted by Crippen LogP contribution is -2.47. The highest BCUT2D eigenvalue weighted by atomic mass is 32.2. The van der Waals surface area contributed by atoms with Crippen LogP contribution in [0.5, 0.6) is 5.75 Å². The van der Waals surface area contributed by atoms with Crippen LogP contribution in [0, 0.1) is 0 Å². The van der Waals surface area contributed by atoms with Gasteiger partial charge in [-0.2, -0.15) is 0 Å². The molecule has 1 N–H and O–H groups in total.